The second-order valence-electron chi connectivity index (χ2n) is 5.39. The summed E-state index contributed by atoms with van der Waals surface area (Å²) in [6, 6.07) is 4.92. The fourth-order valence-corrected chi connectivity index (χ4v) is 4.68. The van der Waals surface area contributed by atoms with E-state index in [2.05, 4.69) is 5.32 Å². The van der Waals surface area contributed by atoms with Gasteiger partial charge in [-0.1, -0.05) is 18.5 Å². The van der Waals surface area contributed by atoms with Crippen molar-refractivity contribution < 1.29 is 12.6 Å². The largest absolute Gasteiger partial charge is 0.310 e. The van der Waals surface area contributed by atoms with Gasteiger partial charge in [0.2, 0.25) is 0 Å². The Morgan fingerprint density at radius 3 is 2.86 bits per heavy atom. The summed E-state index contributed by atoms with van der Waals surface area (Å²) in [4.78, 5) is 0.378. The number of benzene rings is 1. The predicted octanol–water partition coefficient (Wildman–Crippen LogP) is 2.31. The van der Waals surface area contributed by atoms with Gasteiger partial charge in [-0.05, 0) is 43.1 Å². The molecule has 21 heavy (non-hydrogen) atoms. The summed E-state index contributed by atoms with van der Waals surface area (Å²) in [5.74, 6) is 0.147. The van der Waals surface area contributed by atoms with Crippen LogP contribution in [-0.4, -0.2) is 36.4 Å². The summed E-state index contributed by atoms with van der Waals surface area (Å²) < 4.78 is 35.5. The molecule has 7 heteroatoms. The van der Waals surface area contributed by atoms with E-state index in [9.17, 15) is 12.6 Å². The number of sulfone groups is 1. The van der Waals surface area contributed by atoms with Crippen LogP contribution in [0.5, 0.6) is 0 Å². The molecule has 0 spiro atoms. The smallest absolute Gasteiger partial charge is 0.178 e. The maximum atomic E-state index is 12.1. The van der Waals surface area contributed by atoms with Crippen molar-refractivity contribution in [1.29, 1.82) is 0 Å². The highest BCUT2D eigenvalue weighted by Crippen LogP contribution is 2.33. The van der Waals surface area contributed by atoms with Crippen molar-refractivity contribution in [3.05, 3.63) is 28.8 Å². The maximum Gasteiger partial charge on any atom is 0.178 e. The van der Waals surface area contributed by atoms with Gasteiger partial charge in [-0.15, -0.1) is 0 Å². The topological polar surface area (TPSA) is 63.2 Å². The first kappa shape index (κ1) is 16.9. The van der Waals surface area contributed by atoms with Crippen LogP contribution in [0.15, 0.2) is 23.1 Å². The van der Waals surface area contributed by atoms with E-state index in [1.807, 2.05) is 6.92 Å². The van der Waals surface area contributed by atoms with Crippen LogP contribution in [-0.2, 0) is 20.6 Å². The second kappa shape index (κ2) is 6.77. The summed E-state index contributed by atoms with van der Waals surface area (Å²) in [5, 5.41) is 4.04. The van der Waals surface area contributed by atoms with Gasteiger partial charge >= 0.3 is 0 Å². The molecule has 1 N–H and O–H groups in total. The zero-order valence-corrected chi connectivity index (χ0v) is 14.5. The molecule has 1 aromatic carbocycles. The Hall–Kier alpha value is -0.430. The van der Waals surface area contributed by atoms with Crippen molar-refractivity contribution in [3.8, 4) is 0 Å². The van der Waals surface area contributed by atoms with Crippen molar-refractivity contribution in [2.24, 2.45) is 0 Å². The van der Waals surface area contributed by atoms with Crippen molar-refractivity contribution in [1.82, 2.24) is 5.32 Å². The number of halogens is 1. The Morgan fingerprint density at radius 1 is 1.48 bits per heavy atom. The molecule has 0 aromatic heterocycles. The van der Waals surface area contributed by atoms with Gasteiger partial charge in [0.15, 0.2) is 9.84 Å². The molecule has 1 aromatic rings. The van der Waals surface area contributed by atoms with E-state index in [0.29, 0.717) is 22.9 Å². The molecule has 1 aliphatic rings. The molecule has 2 rings (SSSR count). The predicted molar refractivity (Wildman–Crippen MR) is 87.0 cm³/mol. The molecule has 1 aliphatic heterocycles. The third kappa shape index (κ3) is 4.06. The van der Waals surface area contributed by atoms with E-state index >= 15 is 0 Å². The van der Waals surface area contributed by atoms with E-state index in [-0.39, 0.29) is 17.0 Å². The van der Waals surface area contributed by atoms with Gasteiger partial charge in [0.1, 0.15) is 0 Å². The number of fused-ring (bicyclic) bond motifs is 1. The van der Waals surface area contributed by atoms with Crippen molar-refractivity contribution in [2.75, 3.05) is 18.6 Å². The van der Waals surface area contributed by atoms with Crippen LogP contribution in [0.3, 0.4) is 0 Å². The molecule has 0 radical (unpaired) electrons. The Bertz CT molecular complexity index is 646. The lowest BCUT2D eigenvalue weighted by atomic mass is 10.0. The van der Waals surface area contributed by atoms with Crippen LogP contribution in [0, 0.1) is 0 Å². The monoisotopic (exact) mass is 349 g/mol. The SMILES string of the molecule is C[C@H](CCN[C@H]1CCS(=O)(=O)c2ccc(Cl)cc21)[S@](C)=O. The minimum atomic E-state index is -3.19. The van der Waals surface area contributed by atoms with Gasteiger partial charge in [0, 0.05) is 33.4 Å². The lowest BCUT2D eigenvalue weighted by molar-refractivity contribution is 0.485. The van der Waals surface area contributed by atoms with Crippen LogP contribution in [0.4, 0.5) is 0 Å². The normalized spacial score (nSPS) is 23.3. The van der Waals surface area contributed by atoms with E-state index < -0.39 is 20.6 Å². The number of rotatable bonds is 5. The average Bonchev–Trinajstić information content (AvgIpc) is 2.40. The summed E-state index contributed by atoms with van der Waals surface area (Å²) in [6.07, 6.45) is 3.04. The Kier molecular flexibility index (Phi) is 5.46. The number of hydrogen-bond acceptors (Lipinski definition) is 4. The molecule has 118 valence electrons. The Balaban J connectivity index is 2.13. The number of nitrogens with one attached hydrogen (secondary N) is 1. The highest BCUT2D eigenvalue weighted by molar-refractivity contribution is 7.91. The summed E-state index contributed by atoms with van der Waals surface area (Å²) in [6.45, 7) is 2.66. The summed E-state index contributed by atoms with van der Waals surface area (Å²) >= 11 is 6.00. The molecule has 0 unspecified atom stereocenters. The molecule has 0 bridgehead atoms. The van der Waals surface area contributed by atoms with Crippen LogP contribution < -0.4 is 5.32 Å². The molecule has 1 heterocycles. The third-order valence-electron chi connectivity index (χ3n) is 3.87. The van der Waals surface area contributed by atoms with Crippen molar-refractivity contribution in [2.45, 2.75) is 36.0 Å². The molecule has 0 saturated carbocycles. The molecular formula is C14H20ClNO3S2. The zero-order valence-electron chi connectivity index (χ0n) is 12.1. The van der Waals surface area contributed by atoms with Crippen LogP contribution >= 0.6 is 11.6 Å². The molecule has 0 saturated heterocycles. The van der Waals surface area contributed by atoms with E-state index in [1.165, 1.54) is 0 Å². The van der Waals surface area contributed by atoms with E-state index in [4.69, 9.17) is 11.6 Å². The Morgan fingerprint density at radius 2 is 2.19 bits per heavy atom. The van der Waals surface area contributed by atoms with Crippen molar-refractivity contribution >= 4 is 32.2 Å². The van der Waals surface area contributed by atoms with E-state index in [0.717, 1.165) is 12.0 Å². The molecular weight excluding hydrogens is 330 g/mol. The second-order valence-corrected chi connectivity index (χ2v) is 9.71. The fraction of sp³-hybridized carbons (Fsp3) is 0.571. The average molecular weight is 350 g/mol. The van der Waals surface area contributed by atoms with Crippen molar-refractivity contribution in [3.63, 3.8) is 0 Å². The van der Waals surface area contributed by atoms with Crippen LogP contribution in [0.2, 0.25) is 5.02 Å². The summed E-state index contributed by atoms with van der Waals surface area (Å²) in [5.41, 5.74) is 0.749. The highest BCUT2D eigenvalue weighted by Gasteiger charge is 2.30. The molecule has 0 amide bonds. The zero-order chi connectivity index (χ0) is 15.6. The van der Waals surface area contributed by atoms with Gasteiger partial charge in [-0.3, -0.25) is 4.21 Å². The maximum absolute atomic E-state index is 12.1. The third-order valence-corrected chi connectivity index (χ3v) is 7.28. The van der Waals surface area contributed by atoms with Gasteiger partial charge in [-0.2, -0.15) is 0 Å². The quantitative estimate of drug-likeness (QED) is 0.886. The highest BCUT2D eigenvalue weighted by atomic mass is 35.5. The molecule has 4 nitrogen and oxygen atoms in total. The van der Waals surface area contributed by atoms with Crippen LogP contribution in [0.25, 0.3) is 0 Å². The van der Waals surface area contributed by atoms with E-state index in [1.54, 1.807) is 24.5 Å². The number of hydrogen-bond donors (Lipinski definition) is 1. The summed E-state index contributed by atoms with van der Waals surface area (Å²) in [7, 11) is -4.03. The molecule has 3 atom stereocenters. The Labute approximate surface area is 133 Å². The lowest BCUT2D eigenvalue weighted by Crippen LogP contribution is -2.31. The minimum absolute atomic E-state index is 0.0142. The van der Waals surface area contributed by atoms with Gasteiger partial charge in [-0.25, -0.2) is 8.42 Å². The molecule has 0 aliphatic carbocycles. The fourth-order valence-electron chi connectivity index (χ4n) is 2.45. The van der Waals surface area contributed by atoms with Gasteiger partial charge in [0.25, 0.3) is 0 Å². The molecule has 0 fully saturated rings. The van der Waals surface area contributed by atoms with Gasteiger partial charge in [0.05, 0.1) is 10.6 Å². The first-order valence-electron chi connectivity index (χ1n) is 6.89. The standard InChI is InChI=1S/C14H20ClNO3S2/c1-10(20(2)17)5-7-16-13-6-8-21(18,19)14-4-3-11(15)9-12(13)14/h3-4,9-10,13,16H,5-8H2,1-2H3/t10-,13+,20+/m1/s1. The van der Waals surface area contributed by atoms with Gasteiger partial charge < -0.3 is 5.32 Å². The minimum Gasteiger partial charge on any atom is -0.310 e. The van der Waals surface area contributed by atoms with Crippen LogP contribution in [0.1, 0.15) is 31.4 Å². The first-order chi connectivity index (χ1) is 9.81. The first-order valence-corrected chi connectivity index (χ1v) is 10.5. The lowest BCUT2D eigenvalue weighted by Gasteiger charge is -2.27.